The van der Waals surface area contributed by atoms with Gasteiger partial charge < -0.3 is 15.7 Å². The third-order valence-corrected chi connectivity index (χ3v) is 2.94. The van der Waals surface area contributed by atoms with Crippen LogP contribution in [0.2, 0.25) is 0 Å². The summed E-state index contributed by atoms with van der Waals surface area (Å²) in [6.07, 6.45) is 4.96. The van der Waals surface area contributed by atoms with Gasteiger partial charge in [0.1, 0.15) is 11.5 Å². The average Bonchev–Trinajstić information content (AvgIpc) is 2.82. The number of hydrogen-bond donors (Lipinski definition) is 1. The summed E-state index contributed by atoms with van der Waals surface area (Å²) in [6, 6.07) is 0. The maximum atomic E-state index is 11.7. The normalized spacial score (nSPS) is 23.2. The van der Waals surface area contributed by atoms with E-state index in [-0.39, 0.29) is 0 Å². The van der Waals surface area contributed by atoms with Gasteiger partial charge in [-0.1, -0.05) is 11.8 Å². The molecule has 0 aliphatic carbocycles. The first-order valence-corrected chi connectivity index (χ1v) is 5.83. The van der Waals surface area contributed by atoms with Gasteiger partial charge in [-0.3, -0.25) is 0 Å². The molecular weight excluding hydrogens is 228 g/mol. The van der Waals surface area contributed by atoms with Crippen LogP contribution in [0.5, 0.6) is 0 Å². The zero-order valence-corrected chi connectivity index (χ0v) is 9.52. The third kappa shape index (κ3) is 1.17. The zero-order chi connectivity index (χ0) is 11.3. The Morgan fingerprint density at radius 3 is 3.00 bits per heavy atom. The summed E-state index contributed by atoms with van der Waals surface area (Å²) < 4.78 is 0. The number of nitrogens with zero attached hydrogens (tertiary/aromatic N) is 5. The van der Waals surface area contributed by atoms with Gasteiger partial charge in [-0.25, -0.2) is 15.0 Å². The molecule has 0 bridgehead atoms. The molecule has 8 heteroatoms. The lowest BCUT2D eigenvalue weighted by Gasteiger charge is -2.39. The van der Waals surface area contributed by atoms with Crippen LogP contribution in [0.4, 0.5) is 0 Å². The largest absolute Gasteiger partial charge is 0.753 e. The van der Waals surface area contributed by atoms with Crippen LogP contribution >= 0.6 is 11.8 Å². The summed E-state index contributed by atoms with van der Waals surface area (Å²) >= 11 is 1.45. The fraction of sp³-hybridized carbons (Fsp3) is 0.250. The van der Waals surface area contributed by atoms with Crippen LogP contribution in [-0.4, -0.2) is 39.5 Å². The van der Waals surface area contributed by atoms with E-state index in [0.717, 1.165) is 5.06 Å². The van der Waals surface area contributed by atoms with E-state index < -0.39 is 0 Å². The van der Waals surface area contributed by atoms with E-state index in [0.29, 0.717) is 22.5 Å². The number of amidine groups is 2. The van der Waals surface area contributed by atoms with E-state index >= 15 is 0 Å². The highest BCUT2D eigenvalue weighted by Crippen LogP contribution is 2.30. The molecule has 1 N–H and O–H groups in total. The molecule has 0 amide bonds. The second-order valence-corrected chi connectivity index (χ2v) is 4.11. The first-order chi connectivity index (χ1) is 7.70. The molecule has 7 nitrogen and oxygen atoms in total. The first-order valence-electron chi connectivity index (χ1n) is 4.61. The molecule has 0 unspecified atom stereocenters. The highest BCUT2D eigenvalue weighted by molar-refractivity contribution is 8.13. The molecule has 0 aromatic heterocycles. The summed E-state index contributed by atoms with van der Waals surface area (Å²) in [4.78, 5) is 8.60. The predicted molar refractivity (Wildman–Crippen MR) is 62.5 cm³/mol. The molecule has 0 saturated heterocycles. The predicted octanol–water partition coefficient (Wildman–Crippen LogP) is 0.238. The van der Waals surface area contributed by atoms with Gasteiger partial charge in [0.15, 0.2) is 11.0 Å². The van der Waals surface area contributed by atoms with E-state index in [1.165, 1.54) is 18.0 Å². The van der Waals surface area contributed by atoms with E-state index in [1.807, 2.05) is 6.26 Å². The van der Waals surface area contributed by atoms with Gasteiger partial charge in [0.05, 0.1) is 6.20 Å². The Morgan fingerprint density at radius 1 is 1.44 bits per heavy atom. The Bertz CT molecular complexity index is 467. The standard InChI is InChI=1S/C8H9N6OS/c1-12-9-3-6-13(15)4-5-7(14(6)12)11-8(10-5)16-2/h3-4,9H,1-2H3/q-1. The molecule has 0 radical (unpaired) electrons. The highest BCUT2D eigenvalue weighted by atomic mass is 32.2. The molecule has 0 aromatic carbocycles. The second-order valence-electron chi connectivity index (χ2n) is 3.34. The van der Waals surface area contributed by atoms with Crippen LogP contribution in [0.1, 0.15) is 0 Å². The molecule has 0 aromatic rings. The maximum Gasteiger partial charge on any atom is 0.190 e. The lowest BCUT2D eigenvalue weighted by Crippen LogP contribution is -2.47. The molecule has 0 saturated carbocycles. The summed E-state index contributed by atoms with van der Waals surface area (Å²) in [6.45, 7) is 0. The molecule has 0 spiro atoms. The third-order valence-electron chi connectivity index (χ3n) is 2.39. The summed E-state index contributed by atoms with van der Waals surface area (Å²) in [7, 11) is 1.81. The number of hydroxylamine groups is 2. The number of hydrazine groups is 2. The maximum absolute atomic E-state index is 11.7. The van der Waals surface area contributed by atoms with Crippen molar-refractivity contribution in [3.05, 3.63) is 29.1 Å². The van der Waals surface area contributed by atoms with E-state index in [4.69, 9.17) is 0 Å². The molecule has 0 fully saturated rings. The van der Waals surface area contributed by atoms with Crippen LogP contribution < -0.4 is 5.43 Å². The van der Waals surface area contributed by atoms with Crippen molar-refractivity contribution < 1.29 is 0 Å². The number of rotatable bonds is 0. The Morgan fingerprint density at radius 2 is 2.25 bits per heavy atom. The minimum Gasteiger partial charge on any atom is -0.753 e. The van der Waals surface area contributed by atoms with E-state index in [1.54, 1.807) is 23.4 Å². The molecule has 3 rings (SSSR count). The average molecular weight is 237 g/mol. The minimum atomic E-state index is 0.488. The van der Waals surface area contributed by atoms with Gasteiger partial charge in [0, 0.05) is 13.2 Å². The molecule has 3 aliphatic heterocycles. The van der Waals surface area contributed by atoms with Crippen LogP contribution in [-0.2, 0) is 0 Å². The van der Waals surface area contributed by atoms with Crippen molar-refractivity contribution in [2.45, 2.75) is 0 Å². The van der Waals surface area contributed by atoms with Crippen molar-refractivity contribution in [1.82, 2.24) is 20.6 Å². The summed E-state index contributed by atoms with van der Waals surface area (Å²) in [5, 5.41) is 16.5. The monoisotopic (exact) mass is 237 g/mol. The van der Waals surface area contributed by atoms with E-state index in [9.17, 15) is 5.21 Å². The minimum absolute atomic E-state index is 0.488. The van der Waals surface area contributed by atoms with E-state index in [2.05, 4.69) is 15.4 Å². The number of fused-ring (bicyclic) bond motifs is 3. The quantitative estimate of drug-likeness (QED) is 0.650. The lowest BCUT2D eigenvalue weighted by molar-refractivity contribution is 0.0813. The Kier molecular flexibility index (Phi) is 1.96. The van der Waals surface area contributed by atoms with Gasteiger partial charge >= 0.3 is 0 Å². The lowest BCUT2D eigenvalue weighted by atomic mass is 10.3. The number of thioether (sulfide) groups is 1. The van der Waals surface area contributed by atoms with Crippen LogP contribution in [0.15, 0.2) is 33.9 Å². The summed E-state index contributed by atoms with van der Waals surface area (Å²) in [5.41, 5.74) is 3.51. The number of hydrogen-bond acceptors (Lipinski definition) is 8. The fourth-order valence-corrected chi connectivity index (χ4v) is 2.04. The number of nitrogens with one attached hydrogen (secondary N) is 1. The second kappa shape index (κ2) is 3.24. The first kappa shape index (κ1) is 9.70. The molecule has 16 heavy (non-hydrogen) atoms. The molecule has 84 valence electrons. The van der Waals surface area contributed by atoms with Crippen LogP contribution in [0.25, 0.3) is 0 Å². The number of aliphatic imine (C=N–C) groups is 2. The van der Waals surface area contributed by atoms with Gasteiger partial charge in [-0.15, -0.1) is 5.12 Å². The SMILES string of the molecule is CSC1=NC2=CN([O-])C3=CNN(C)N3C2=N1. The Hall–Kier alpha value is -1.51. The molecule has 0 atom stereocenters. The van der Waals surface area contributed by atoms with Crippen molar-refractivity contribution in [3.63, 3.8) is 0 Å². The molecule has 3 aliphatic rings. The smallest absolute Gasteiger partial charge is 0.190 e. The van der Waals surface area contributed by atoms with Crippen molar-refractivity contribution in [2.75, 3.05) is 13.3 Å². The van der Waals surface area contributed by atoms with Gasteiger partial charge in [-0.05, 0) is 6.26 Å². The van der Waals surface area contributed by atoms with Crippen molar-refractivity contribution in [1.29, 1.82) is 0 Å². The van der Waals surface area contributed by atoms with Crippen LogP contribution in [0.3, 0.4) is 0 Å². The Balaban J connectivity index is 2.07. The van der Waals surface area contributed by atoms with Gasteiger partial charge in [0.2, 0.25) is 0 Å². The van der Waals surface area contributed by atoms with Crippen molar-refractivity contribution in [3.8, 4) is 0 Å². The zero-order valence-electron chi connectivity index (χ0n) is 8.71. The van der Waals surface area contributed by atoms with Gasteiger partial charge in [0.25, 0.3) is 0 Å². The Labute approximate surface area is 96.3 Å². The molecule has 3 heterocycles. The molecular formula is C8H9N6OS-. The topological polar surface area (TPSA) is 69.5 Å². The van der Waals surface area contributed by atoms with Crippen molar-refractivity contribution >= 4 is 22.8 Å². The summed E-state index contributed by atoms with van der Waals surface area (Å²) in [5.74, 6) is 1.16. The fourth-order valence-electron chi connectivity index (χ4n) is 1.67. The van der Waals surface area contributed by atoms with Crippen molar-refractivity contribution in [2.24, 2.45) is 9.98 Å². The van der Waals surface area contributed by atoms with Gasteiger partial charge in [-0.2, -0.15) is 0 Å². The van der Waals surface area contributed by atoms with Crippen LogP contribution in [0, 0.1) is 5.21 Å². The highest BCUT2D eigenvalue weighted by Gasteiger charge is 2.34.